The van der Waals surface area contributed by atoms with Crippen molar-refractivity contribution >= 4 is 22.4 Å². The van der Waals surface area contributed by atoms with Crippen molar-refractivity contribution in [1.82, 2.24) is 15.2 Å². The van der Waals surface area contributed by atoms with Crippen LogP contribution in [0.4, 0.5) is 5.13 Å². The molecule has 0 saturated carbocycles. The SMILES string of the molecule is Cc1nc(N)sc1C(=O)NCC(c1ccco1)N(C)C. The van der Waals surface area contributed by atoms with E-state index in [-0.39, 0.29) is 11.9 Å². The summed E-state index contributed by atoms with van der Waals surface area (Å²) in [5, 5.41) is 3.30. The Kier molecular flexibility index (Phi) is 4.41. The Balaban J connectivity index is 2.03. The number of amides is 1. The van der Waals surface area contributed by atoms with Crippen LogP contribution in [0.1, 0.15) is 27.2 Å². The highest BCUT2D eigenvalue weighted by molar-refractivity contribution is 7.17. The number of carbonyl (C=O) groups is 1. The van der Waals surface area contributed by atoms with Gasteiger partial charge in [0.1, 0.15) is 10.6 Å². The number of nitrogen functional groups attached to an aromatic ring is 1. The molecular weight excluding hydrogens is 276 g/mol. The molecule has 7 heteroatoms. The first-order chi connectivity index (χ1) is 9.49. The molecule has 2 rings (SSSR count). The Labute approximate surface area is 121 Å². The quantitative estimate of drug-likeness (QED) is 0.876. The molecule has 1 amide bonds. The Bertz CT molecular complexity index is 577. The summed E-state index contributed by atoms with van der Waals surface area (Å²) in [6, 6.07) is 3.72. The molecule has 108 valence electrons. The zero-order valence-corrected chi connectivity index (χ0v) is 12.5. The fraction of sp³-hybridized carbons (Fsp3) is 0.385. The standard InChI is InChI=1S/C13H18N4O2S/c1-8-11(20-13(14)16-8)12(18)15-7-9(17(2)3)10-5-4-6-19-10/h4-6,9H,7H2,1-3H3,(H2,14,16)(H,15,18). The van der Waals surface area contributed by atoms with Gasteiger partial charge in [0.2, 0.25) is 0 Å². The van der Waals surface area contributed by atoms with Crippen molar-refractivity contribution in [3.63, 3.8) is 0 Å². The molecule has 0 aliphatic rings. The minimum absolute atomic E-state index is 0.0143. The van der Waals surface area contributed by atoms with Gasteiger partial charge in [0.05, 0.1) is 18.0 Å². The number of aryl methyl sites for hydroxylation is 1. The molecule has 0 saturated heterocycles. The number of nitrogens with zero attached hydrogens (tertiary/aromatic N) is 2. The fourth-order valence-electron chi connectivity index (χ4n) is 1.92. The van der Waals surface area contributed by atoms with E-state index in [0.717, 1.165) is 5.76 Å². The second kappa shape index (κ2) is 6.06. The van der Waals surface area contributed by atoms with E-state index in [1.165, 1.54) is 11.3 Å². The minimum atomic E-state index is -0.157. The summed E-state index contributed by atoms with van der Waals surface area (Å²) in [5.74, 6) is 0.658. The molecule has 1 atom stereocenters. The number of hydrogen-bond donors (Lipinski definition) is 2. The Morgan fingerprint density at radius 1 is 1.60 bits per heavy atom. The number of rotatable bonds is 5. The Morgan fingerprint density at radius 2 is 2.35 bits per heavy atom. The van der Waals surface area contributed by atoms with E-state index in [4.69, 9.17) is 10.2 Å². The summed E-state index contributed by atoms with van der Waals surface area (Å²) in [7, 11) is 3.88. The average molecular weight is 294 g/mol. The van der Waals surface area contributed by atoms with Gasteiger partial charge in [0, 0.05) is 6.54 Å². The number of furan rings is 1. The Hall–Kier alpha value is -1.86. The topological polar surface area (TPSA) is 84.4 Å². The fourth-order valence-corrected chi connectivity index (χ4v) is 2.67. The molecular formula is C13H18N4O2S. The van der Waals surface area contributed by atoms with Crippen LogP contribution in [-0.2, 0) is 0 Å². The van der Waals surface area contributed by atoms with Gasteiger partial charge in [-0.3, -0.25) is 9.69 Å². The van der Waals surface area contributed by atoms with E-state index < -0.39 is 0 Å². The number of likely N-dealkylation sites (N-methyl/N-ethyl adjacent to an activating group) is 1. The number of carbonyl (C=O) groups excluding carboxylic acids is 1. The number of nitrogens with one attached hydrogen (secondary N) is 1. The Morgan fingerprint density at radius 3 is 2.85 bits per heavy atom. The molecule has 0 aliphatic heterocycles. The highest BCUT2D eigenvalue weighted by Crippen LogP contribution is 2.21. The van der Waals surface area contributed by atoms with Crippen LogP contribution in [0, 0.1) is 6.92 Å². The van der Waals surface area contributed by atoms with Crippen molar-refractivity contribution in [2.24, 2.45) is 0 Å². The lowest BCUT2D eigenvalue weighted by atomic mass is 10.2. The van der Waals surface area contributed by atoms with Crippen molar-refractivity contribution < 1.29 is 9.21 Å². The summed E-state index contributed by atoms with van der Waals surface area (Å²) in [4.78, 5) is 18.7. The summed E-state index contributed by atoms with van der Waals surface area (Å²) in [5.41, 5.74) is 6.26. The van der Waals surface area contributed by atoms with Gasteiger partial charge < -0.3 is 15.5 Å². The highest BCUT2D eigenvalue weighted by Gasteiger charge is 2.20. The van der Waals surface area contributed by atoms with Crippen LogP contribution < -0.4 is 11.1 Å². The lowest BCUT2D eigenvalue weighted by Gasteiger charge is -2.22. The van der Waals surface area contributed by atoms with Crippen LogP contribution in [0.15, 0.2) is 22.8 Å². The second-order valence-corrected chi connectivity index (χ2v) is 5.70. The third-order valence-corrected chi connectivity index (χ3v) is 3.96. The van der Waals surface area contributed by atoms with Crippen LogP contribution >= 0.6 is 11.3 Å². The normalized spacial score (nSPS) is 12.6. The lowest BCUT2D eigenvalue weighted by Crippen LogP contribution is -2.34. The van der Waals surface area contributed by atoms with E-state index in [2.05, 4.69) is 10.3 Å². The zero-order chi connectivity index (χ0) is 14.7. The van der Waals surface area contributed by atoms with Crippen molar-refractivity contribution in [2.75, 3.05) is 26.4 Å². The summed E-state index contributed by atoms with van der Waals surface area (Å²) < 4.78 is 5.40. The van der Waals surface area contributed by atoms with E-state index in [1.54, 1.807) is 13.2 Å². The molecule has 20 heavy (non-hydrogen) atoms. The van der Waals surface area contributed by atoms with Crippen LogP contribution in [0.5, 0.6) is 0 Å². The van der Waals surface area contributed by atoms with Crippen molar-refractivity contribution in [3.05, 3.63) is 34.7 Å². The van der Waals surface area contributed by atoms with Crippen LogP contribution in [0.3, 0.4) is 0 Å². The van der Waals surface area contributed by atoms with Gasteiger partial charge in [-0.2, -0.15) is 0 Å². The first kappa shape index (κ1) is 14.5. The van der Waals surface area contributed by atoms with Gasteiger partial charge in [-0.15, -0.1) is 0 Å². The highest BCUT2D eigenvalue weighted by atomic mass is 32.1. The van der Waals surface area contributed by atoms with Crippen LogP contribution in [0.2, 0.25) is 0 Å². The third kappa shape index (κ3) is 3.17. The first-order valence-corrected chi connectivity index (χ1v) is 7.01. The number of aromatic nitrogens is 1. The maximum atomic E-state index is 12.1. The van der Waals surface area contributed by atoms with Gasteiger partial charge in [-0.1, -0.05) is 11.3 Å². The van der Waals surface area contributed by atoms with E-state index in [1.807, 2.05) is 31.1 Å². The molecule has 0 aromatic carbocycles. The van der Waals surface area contributed by atoms with Gasteiger partial charge in [0.15, 0.2) is 5.13 Å². The van der Waals surface area contributed by atoms with E-state index in [0.29, 0.717) is 22.2 Å². The monoisotopic (exact) mass is 294 g/mol. The maximum absolute atomic E-state index is 12.1. The summed E-state index contributed by atoms with van der Waals surface area (Å²) in [6.45, 7) is 2.23. The number of hydrogen-bond acceptors (Lipinski definition) is 6. The molecule has 1 unspecified atom stereocenters. The molecule has 0 spiro atoms. The van der Waals surface area contributed by atoms with Gasteiger partial charge in [-0.25, -0.2) is 4.98 Å². The predicted octanol–water partition coefficient (Wildman–Crippen LogP) is 1.66. The molecule has 2 aromatic rings. The summed E-state index contributed by atoms with van der Waals surface area (Å²) >= 11 is 1.20. The average Bonchev–Trinajstić information content (AvgIpc) is 2.99. The molecule has 0 radical (unpaired) electrons. The van der Waals surface area contributed by atoms with Gasteiger partial charge >= 0.3 is 0 Å². The number of nitrogens with two attached hydrogens (primary N) is 1. The molecule has 0 bridgehead atoms. The molecule has 0 aliphatic carbocycles. The second-order valence-electron chi connectivity index (χ2n) is 4.67. The van der Waals surface area contributed by atoms with Crippen molar-refractivity contribution in [3.8, 4) is 0 Å². The van der Waals surface area contributed by atoms with Crippen molar-refractivity contribution in [2.45, 2.75) is 13.0 Å². The third-order valence-electron chi connectivity index (χ3n) is 2.97. The van der Waals surface area contributed by atoms with E-state index >= 15 is 0 Å². The smallest absolute Gasteiger partial charge is 0.263 e. The minimum Gasteiger partial charge on any atom is -0.468 e. The van der Waals surface area contributed by atoms with Crippen molar-refractivity contribution in [1.29, 1.82) is 0 Å². The predicted molar refractivity (Wildman–Crippen MR) is 78.7 cm³/mol. The molecule has 6 nitrogen and oxygen atoms in total. The maximum Gasteiger partial charge on any atom is 0.263 e. The lowest BCUT2D eigenvalue weighted by molar-refractivity contribution is 0.0942. The summed E-state index contributed by atoms with van der Waals surface area (Å²) in [6.07, 6.45) is 1.63. The largest absolute Gasteiger partial charge is 0.468 e. The van der Waals surface area contributed by atoms with Crippen LogP contribution in [-0.4, -0.2) is 36.4 Å². The molecule has 2 heterocycles. The number of thiazole rings is 1. The van der Waals surface area contributed by atoms with Gasteiger partial charge in [0.25, 0.3) is 5.91 Å². The molecule has 0 fully saturated rings. The van der Waals surface area contributed by atoms with Gasteiger partial charge in [-0.05, 0) is 33.2 Å². The van der Waals surface area contributed by atoms with E-state index in [9.17, 15) is 4.79 Å². The first-order valence-electron chi connectivity index (χ1n) is 6.20. The zero-order valence-electron chi connectivity index (χ0n) is 11.7. The number of anilines is 1. The van der Waals surface area contributed by atoms with Crippen LogP contribution in [0.25, 0.3) is 0 Å². The molecule has 3 N–H and O–H groups in total. The molecule has 2 aromatic heterocycles.